The van der Waals surface area contributed by atoms with Crippen LogP contribution in [-0.4, -0.2) is 45.4 Å². The number of benzene rings is 1. The van der Waals surface area contributed by atoms with Gasteiger partial charge >= 0.3 is 0 Å². The minimum Gasteiger partial charge on any atom is -0.339 e. The number of amides is 1. The maximum absolute atomic E-state index is 12.3. The molecule has 0 aromatic heterocycles. The Bertz CT molecular complexity index is 696. The predicted octanol–water partition coefficient (Wildman–Crippen LogP) is 1.19. The fourth-order valence-electron chi connectivity index (χ4n) is 2.79. The van der Waals surface area contributed by atoms with E-state index in [1.54, 1.807) is 18.2 Å². The molecule has 1 aromatic rings. The molecule has 0 spiro atoms. The Balaban J connectivity index is 2.01. The number of hydrogen-bond acceptors (Lipinski definition) is 4. The van der Waals surface area contributed by atoms with Gasteiger partial charge in [0.15, 0.2) is 0 Å². The van der Waals surface area contributed by atoms with Crippen molar-refractivity contribution in [2.75, 3.05) is 20.1 Å². The van der Waals surface area contributed by atoms with Crippen LogP contribution in [0.1, 0.15) is 25.3 Å². The number of hydrogen-bond donors (Lipinski definition) is 2. The van der Waals surface area contributed by atoms with E-state index in [1.807, 2.05) is 11.8 Å². The van der Waals surface area contributed by atoms with Gasteiger partial charge in [-0.1, -0.05) is 12.1 Å². The standard InChI is InChI=1S/C17H25N3O3S/c1-13(18)15-4-3-11-20(12-15)17(21)10-7-14-5-8-16(9-6-14)24(22,23)19-2/h5-10,13,15,19H,3-4,11-12,18H2,1-2H3. The van der Waals surface area contributed by atoms with E-state index in [0.717, 1.165) is 24.9 Å². The summed E-state index contributed by atoms with van der Waals surface area (Å²) >= 11 is 0. The molecule has 3 N–H and O–H groups in total. The van der Waals surface area contributed by atoms with Gasteiger partial charge in [0.25, 0.3) is 0 Å². The van der Waals surface area contributed by atoms with Crippen LogP contribution in [0.2, 0.25) is 0 Å². The SMILES string of the molecule is CNS(=O)(=O)c1ccc(C=CC(=O)N2CCCC(C(C)N)C2)cc1. The highest BCUT2D eigenvalue weighted by atomic mass is 32.2. The van der Waals surface area contributed by atoms with E-state index in [2.05, 4.69) is 4.72 Å². The first-order valence-electron chi connectivity index (χ1n) is 8.09. The van der Waals surface area contributed by atoms with E-state index in [9.17, 15) is 13.2 Å². The van der Waals surface area contributed by atoms with E-state index in [0.29, 0.717) is 12.5 Å². The van der Waals surface area contributed by atoms with Gasteiger partial charge in [0.2, 0.25) is 15.9 Å². The summed E-state index contributed by atoms with van der Waals surface area (Å²) in [6.07, 6.45) is 5.27. The third kappa shape index (κ3) is 4.66. The van der Waals surface area contributed by atoms with Crippen LogP contribution in [0.4, 0.5) is 0 Å². The van der Waals surface area contributed by atoms with E-state index >= 15 is 0 Å². The molecule has 0 aliphatic carbocycles. The second-order valence-electron chi connectivity index (χ2n) is 6.16. The average molecular weight is 351 g/mol. The van der Waals surface area contributed by atoms with Gasteiger partial charge in [0.05, 0.1) is 4.90 Å². The van der Waals surface area contributed by atoms with Crippen LogP contribution >= 0.6 is 0 Å². The summed E-state index contributed by atoms with van der Waals surface area (Å²) in [5, 5.41) is 0. The molecule has 2 atom stereocenters. The molecule has 1 amide bonds. The lowest BCUT2D eigenvalue weighted by Crippen LogP contribution is -2.44. The molecule has 132 valence electrons. The van der Waals surface area contributed by atoms with Crippen molar-refractivity contribution >= 4 is 22.0 Å². The van der Waals surface area contributed by atoms with E-state index < -0.39 is 10.0 Å². The summed E-state index contributed by atoms with van der Waals surface area (Å²) in [5.74, 6) is 0.314. The Hall–Kier alpha value is -1.70. The molecule has 2 unspecified atom stereocenters. The fourth-order valence-corrected chi connectivity index (χ4v) is 3.52. The second kappa shape index (κ2) is 7.92. The second-order valence-corrected chi connectivity index (χ2v) is 8.04. The molecule has 1 aliphatic rings. The van der Waals surface area contributed by atoms with Crippen molar-refractivity contribution in [2.24, 2.45) is 11.7 Å². The number of nitrogens with zero attached hydrogens (tertiary/aromatic N) is 1. The van der Waals surface area contributed by atoms with Crippen molar-refractivity contribution in [1.29, 1.82) is 0 Å². The Morgan fingerprint density at radius 3 is 2.62 bits per heavy atom. The quantitative estimate of drug-likeness (QED) is 0.780. The minimum absolute atomic E-state index is 0.0349. The molecule has 24 heavy (non-hydrogen) atoms. The molecular formula is C17H25N3O3S. The Morgan fingerprint density at radius 1 is 1.38 bits per heavy atom. The third-order valence-electron chi connectivity index (χ3n) is 4.39. The van der Waals surface area contributed by atoms with Crippen LogP contribution in [0.25, 0.3) is 6.08 Å². The molecule has 1 aliphatic heterocycles. The number of carbonyl (C=O) groups excluding carboxylic acids is 1. The summed E-state index contributed by atoms with van der Waals surface area (Å²) < 4.78 is 25.6. The molecule has 0 bridgehead atoms. The lowest BCUT2D eigenvalue weighted by atomic mass is 9.92. The molecule has 2 rings (SSSR count). The molecule has 1 fully saturated rings. The Kier molecular flexibility index (Phi) is 6.15. The zero-order valence-electron chi connectivity index (χ0n) is 14.1. The normalized spacial score (nSPS) is 20.3. The number of nitrogens with two attached hydrogens (primary N) is 1. The Labute approximate surface area is 143 Å². The molecule has 1 aromatic carbocycles. The smallest absolute Gasteiger partial charge is 0.246 e. The van der Waals surface area contributed by atoms with Gasteiger partial charge in [-0.05, 0) is 56.5 Å². The molecular weight excluding hydrogens is 326 g/mol. The Morgan fingerprint density at radius 2 is 2.04 bits per heavy atom. The van der Waals surface area contributed by atoms with E-state index in [4.69, 9.17) is 5.73 Å². The predicted molar refractivity (Wildman–Crippen MR) is 94.7 cm³/mol. The highest BCUT2D eigenvalue weighted by Crippen LogP contribution is 2.19. The summed E-state index contributed by atoms with van der Waals surface area (Å²) in [6, 6.07) is 6.47. The lowest BCUT2D eigenvalue weighted by Gasteiger charge is -2.34. The summed E-state index contributed by atoms with van der Waals surface area (Å²) in [4.78, 5) is 14.3. The topological polar surface area (TPSA) is 92.5 Å². The van der Waals surface area contributed by atoms with E-state index in [-0.39, 0.29) is 16.8 Å². The summed E-state index contributed by atoms with van der Waals surface area (Å²) in [6.45, 7) is 3.43. The molecule has 6 nitrogen and oxygen atoms in total. The monoisotopic (exact) mass is 351 g/mol. The van der Waals surface area contributed by atoms with Gasteiger partial charge < -0.3 is 10.6 Å². The zero-order chi connectivity index (χ0) is 17.7. The average Bonchev–Trinajstić information content (AvgIpc) is 2.60. The number of sulfonamides is 1. The van der Waals surface area contributed by atoms with Crippen molar-refractivity contribution in [2.45, 2.75) is 30.7 Å². The van der Waals surface area contributed by atoms with Gasteiger partial charge in [0, 0.05) is 25.2 Å². The molecule has 0 saturated carbocycles. The van der Waals surface area contributed by atoms with Crippen LogP contribution < -0.4 is 10.5 Å². The van der Waals surface area contributed by atoms with Gasteiger partial charge in [-0.2, -0.15) is 0 Å². The highest BCUT2D eigenvalue weighted by molar-refractivity contribution is 7.89. The van der Waals surface area contributed by atoms with Crippen LogP contribution in [0.3, 0.4) is 0 Å². The maximum atomic E-state index is 12.3. The maximum Gasteiger partial charge on any atom is 0.246 e. The third-order valence-corrected chi connectivity index (χ3v) is 5.82. The van der Waals surface area contributed by atoms with Gasteiger partial charge in [-0.3, -0.25) is 4.79 Å². The lowest BCUT2D eigenvalue weighted by molar-refractivity contribution is -0.127. The zero-order valence-corrected chi connectivity index (χ0v) is 14.9. The van der Waals surface area contributed by atoms with Crippen LogP contribution in [0.5, 0.6) is 0 Å². The summed E-state index contributed by atoms with van der Waals surface area (Å²) in [7, 11) is -2.07. The molecule has 1 heterocycles. The van der Waals surface area contributed by atoms with Crippen LogP contribution in [0.15, 0.2) is 35.2 Å². The number of carbonyl (C=O) groups is 1. The molecule has 1 saturated heterocycles. The fraction of sp³-hybridized carbons (Fsp3) is 0.471. The number of rotatable bonds is 5. The number of likely N-dealkylation sites (tertiary alicyclic amines) is 1. The molecule has 7 heteroatoms. The molecule has 0 radical (unpaired) electrons. The van der Waals surface area contributed by atoms with Crippen molar-refractivity contribution in [3.63, 3.8) is 0 Å². The summed E-state index contributed by atoms with van der Waals surface area (Å²) in [5.41, 5.74) is 6.72. The van der Waals surface area contributed by atoms with Crippen LogP contribution in [0, 0.1) is 5.92 Å². The van der Waals surface area contributed by atoms with Gasteiger partial charge in [-0.15, -0.1) is 0 Å². The first-order valence-corrected chi connectivity index (χ1v) is 9.58. The van der Waals surface area contributed by atoms with Crippen molar-refractivity contribution < 1.29 is 13.2 Å². The van der Waals surface area contributed by atoms with E-state index in [1.165, 1.54) is 25.3 Å². The highest BCUT2D eigenvalue weighted by Gasteiger charge is 2.24. The van der Waals surface area contributed by atoms with Gasteiger partial charge in [0.1, 0.15) is 0 Å². The van der Waals surface area contributed by atoms with Crippen molar-refractivity contribution in [3.05, 3.63) is 35.9 Å². The number of nitrogens with one attached hydrogen (secondary N) is 1. The number of piperidine rings is 1. The first kappa shape index (κ1) is 18.6. The first-order chi connectivity index (χ1) is 11.3. The van der Waals surface area contributed by atoms with Crippen molar-refractivity contribution in [1.82, 2.24) is 9.62 Å². The van der Waals surface area contributed by atoms with Crippen LogP contribution in [-0.2, 0) is 14.8 Å². The largest absolute Gasteiger partial charge is 0.339 e. The van der Waals surface area contributed by atoms with Crippen molar-refractivity contribution in [3.8, 4) is 0 Å². The minimum atomic E-state index is -3.44. The van der Waals surface area contributed by atoms with Gasteiger partial charge in [-0.25, -0.2) is 13.1 Å².